The molecule has 0 fully saturated rings. The van der Waals surface area contributed by atoms with Gasteiger partial charge in [0.1, 0.15) is 104 Å². The first-order chi connectivity index (χ1) is 32.2. The fourth-order valence-corrected chi connectivity index (χ4v) is 8.13. The van der Waals surface area contributed by atoms with Crippen molar-refractivity contribution in [2.24, 2.45) is 0 Å². The first-order valence-corrected chi connectivity index (χ1v) is 19.7. The second kappa shape index (κ2) is 15.5. The first-order valence-electron chi connectivity index (χ1n) is 19.7. The summed E-state index contributed by atoms with van der Waals surface area (Å²) in [6.07, 6.45) is 0. The number of aromatic nitrogens is 6. The van der Waals surface area contributed by atoms with E-state index in [1.54, 1.807) is 31.9 Å². The van der Waals surface area contributed by atoms with Crippen LogP contribution < -0.4 is 0 Å². The van der Waals surface area contributed by atoms with E-state index in [-0.39, 0.29) is 67.4 Å². The van der Waals surface area contributed by atoms with E-state index in [9.17, 15) is 44.7 Å². The zero-order valence-electron chi connectivity index (χ0n) is 33.6. The van der Waals surface area contributed by atoms with Crippen molar-refractivity contribution in [3.63, 3.8) is 0 Å². The van der Waals surface area contributed by atoms with Crippen LogP contribution in [-0.2, 0) is 0 Å². The van der Waals surface area contributed by atoms with E-state index < -0.39 is 17.5 Å². The molecule has 66 heavy (non-hydrogen) atoms. The molecule has 306 valence electrons. The van der Waals surface area contributed by atoms with Crippen LogP contribution >= 0.6 is 0 Å². The number of benzene rings is 7. The van der Waals surface area contributed by atoms with Gasteiger partial charge in [-0.1, -0.05) is 0 Å². The molecule has 0 aliphatic carbocycles. The topological polar surface area (TPSA) is 196 Å². The molecule has 0 N–H and O–H groups in total. The predicted molar refractivity (Wildman–Crippen MR) is 235 cm³/mol. The van der Waals surface area contributed by atoms with Crippen molar-refractivity contribution in [2.75, 3.05) is 0 Å². The summed E-state index contributed by atoms with van der Waals surface area (Å²) in [5.41, 5.74) is 4.46. The Labute approximate surface area is 371 Å². The number of nitrogens with zero attached hydrogens (tertiary/aromatic N) is 12. The normalized spacial score (nSPS) is 10.9. The molecule has 0 spiro atoms. The van der Waals surface area contributed by atoms with Gasteiger partial charge in [-0.25, -0.2) is 28.1 Å². The van der Waals surface area contributed by atoms with Gasteiger partial charge in [-0.2, -0.15) is 31.6 Å². The van der Waals surface area contributed by atoms with Crippen molar-refractivity contribution in [2.45, 2.75) is 0 Å². The van der Waals surface area contributed by atoms with E-state index in [4.69, 9.17) is 15.0 Å². The lowest BCUT2D eigenvalue weighted by Crippen LogP contribution is -2.02. The largest absolute Gasteiger partial charge is 0.290 e. The molecule has 0 atom stereocenters. The highest BCUT2D eigenvalue weighted by atomic mass is 19.1. The lowest BCUT2D eigenvalue weighted by Gasteiger charge is -2.13. The number of imidazole rings is 3. The third kappa shape index (κ3) is 6.23. The minimum absolute atomic E-state index is 0.0450. The van der Waals surface area contributed by atoms with Crippen LogP contribution in [0.1, 0.15) is 33.4 Å². The van der Waals surface area contributed by atoms with Crippen LogP contribution in [0.4, 0.5) is 13.2 Å². The van der Waals surface area contributed by atoms with Gasteiger partial charge in [-0.05, 0) is 127 Å². The summed E-state index contributed by atoms with van der Waals surface area (Å²) >= 11 is 0. The molecular weight excluding hydrogens is 838 g/mol. The van der Waals surface area contributed by atoms with Crippen LogP contribution in [0.15, 0.2) is 127 Å². The van der Waals surface area contributed by atoms with Crippen molar-refractivity contribution in [3.8, 4) is 87.6 Å². The fraction of sp³-hybridized carbons (Fsp3) is 0. The number of halogens is 3. The average Bonchev–Trinajstić information content (AvgIpc) is 4.07. The Balaban J connectivity index is 1.52. The molecule has 3 aromatic heterocycles. The number of hydrogen-bond donors (Lipinski definition) is 0. The molecule has 0 saturated carbocycles. The fourth-order valence-electron chi connectivity index (χ4n) is 8.13. The minimum atomic E-state index is -0.519. The summed E-state index contributed by atoms with van der Waals surface area (Å²) in [5, 5.41) is 60.5. The number of nitriles is 6. The summed E-state index contributed by atoms with van der Waals surface area (Å²) in [5.74, 6) is -0.838. The van der Waals surface area contributed by atoms with Crippen LogP contribution in [-0.4, -0.2) is 28.7 Å². The average molecular weight is 859 g/mol. The van der Waals surface area contributed by atoms with Crippen molar-refractivity contribution in [1.29, 1.82) is 31.6 Å². The summed E-state index contributed by atoms with van der Waals surface area (Å²) in [4.78, 5) is 15.8. The van der Waals surface area contributed by atoms with Gasteiger partial charge in [0.15, 0.2) is 0 Å². The van der Waals surface area contributed by atoms with Crippen molar-refractivity contribution < 1.29 is 13.2 Å². The number of fused-ring (bicyclic) bond motifs is 6. The molecule has 12 nitrogen and oxygen atoms in total. The molecule has 0 amide bonds. The van der Waals surface area contributed by atoms with E-state index in [0.29, 0.717) is 50.3 Å². The third-order valence-corrected chi connectivity index (χ3v) is 11.1. The lowest BCUT2D eigenvalue weighted by molar-refractivity contribution is 0.627. The zero-order valence-corrected chi connectivity index (χ0v) is 33.6. The summed E-state index contributed by atoms with van der Waals surface area (Å²) in [6, 6.07) is 43.1. The van der Waals surface area contributed by atoms with Crippen molar-refractivity contribution >= 4 is 33.1 Å². The monoisotopic (exact) mass is 858 g/mol. The van der Waals surface area contributed by atoms with Gasteiger partial charge >= 0.3 is 0 Å². The van der Waals surface area contributed by atoms with E-state index >= 15 is 0 Å². The van der Waals surface area contributed by atoms with Gasteiger partial charge in [0.2, 0.25) is 0 Å². The highest BCUT2D eigenvalue weighted by Gasteiger charge is 2.31. The molecule has 0 aliphatic rings. The Hall–Kier alpha value is -10.3. The smallest absolute Gasteiger partial charge is 0.145 e. The van der Waals surface area contributed by atoms with Gasteiger partial charge in [0.25, 0.3) is 0 Å². The molecule has 10 rings (SSSR count). The van der Waals surface area contributed by atoms with E-state index in [1.807, 2.05) is 18.2 Å². The summed E-state index contributed by atoms with van der Waals surface area (Å²) < 4.78 is 49.0. The Morgan fingerprint density at radius 2 is 0.561 bits per heavy atom. The molecule has 3 heterocycles. The maximum absolute atomic E-state index is 14.6. The van der Waals surface area contributed by atoms with Gasteiger partial charge < -0.3 is 0 Å². The van der Waals surface area contributed by atoms with E-state index in [2.05, 4.69) is 18.2 Å². The summed E-state index contributed by atoms with van der Waals surface area (Å²) in [6.45, 7) is 0. The summed E-state index contributed by atoms with van der Waals surface area (Å²) in [7, 11) is 0. The van der Waals surface area contributed by atoms with Gasteiger partial charge in [0, 0.05) is 33.8 Å². The molecule has 15 heteroatoms. The Morgan fingerprint density at radius 3 is 0.788 bits per heavy atom. The minimum Gasteiger partial charge on any atom is -0.290 e. The molecule has 0 unspecified atom stereocenters. The van der Waals surface area contributed by atoms with E-state index in [0.717, 1.165) is 0 Å². The van der Waals surface area contributed by atoms with Crippen LogP contribution in [0, 0.1) is 85.4 Å². The Morgan fingerprint density at radius 1 is 0.318 bits per heavy atom. The molecule has 0 aliphatic heterocycles. The van der Waals surface area contributed by atoms with Crippen molar-refractivity contribution in [3.05, 3.63) is 178 Å². The second-order valence-corrected chi connectivity index (χ2v) is 14.8. The van der Waals surface area contributed by atoms with Crippen LogP contribution in [0.5, 0.6) is 0 Å². The SMILES string of the molecule is N#Cc1ccc(-n2c(-c3ccc(F)cc3)nc3c2c2nc(-c4ccc(F)cc4)n(-c4ccc(C#N)c(C#N)c4)c2c2nc(-c4ccc(F)cc4)n(-c4ccc(C#N)c(C#N)c4)c32)cc1C#N. The molecular formula is C51H21F3N12. The van der Waals surface area contributed by atoms with Crippen LogP contribution in [0.2, 0.25) is 0 Å². The second-order valence-electron chi connectivity index (χ2n) is 14.8. The molecule has 0 radical (unpaired) electrons. The highest BCUT2D eigenvalue weighted by Crippen LogP contribution is 2.44. The molecule has 0 saturated heterocycles. The van der Waals surface area contributed by atoms with Crippen molar-refractivity contribution in [1.82, 2.24) is 28.7 Å². The maximum Gasteiger partial charge on any atom is 0.145 e. The van der Waals surface area contributed by atoms with Gasteiger partial charge in [0.05, 0.1) is 33.4 Å². The third-order valence-electron chi connectivity index (χ3n) is 11.1. The lowest BCUT2D eigenvalue weighted by atomic mass is 10.1. The number of hydrogen-bond acceptors (Lipinski definition) is 9. The standard InChI is InChI=1S/C51H21F3N12/c52-37-10-1-28(2-11-37)49-61-43-46(64(49)40-16-7-31(22-55)34(19-40)25-58)44-48(66(42-18-9-33(24-57)36(21-42)27-60)50(62-44)29-3-12-38(53)13-4-29)45-47(43)65(41-17-8-32(23-56)35(20-41)26-59)51(63-45)30-5-14-39(54)15-6-30/h1-21H. The first kappa shape index (κ1) is 39.8. The zero-order chi connectivity index (χ0) is 45.8. The Bertz CT molecular complexity index is 3530. The number of rotatable bonds is 6. The van der Waals surface area contributed by atoms with Crippen LogP contribution in [0.25, 0.3) is 84.3 Å². The van der Waals surface area contributed by atoms with Crippen LogP contribution in [0.3, 0.4) is 0 Å². The molecule has 7 aromatic carbocycles. The molecule has 10 aromatic rings. The predicted octanol–water partition coefficient (Wildman–Crippen LogP) is 10.4. The van der Waals surface area contributed by atoms with Gasteiger partial charge in [-0.15, -0.1) is 0 Å². The highest BCUT2D eigenvalue weighted by molar-refractivity contribution is 6.22. The quantitative estimate of drug-likeness (QED) is 0.156. The van der Waals surface area contributed by atoms with Gasteiger partial charge in [-0.3, -0.25) is 13.7 Å². The molecule has 0 bridgehead atoms. The maximum atomic E-state index is 14.6. The van der Waals surface area contributed by atoms with E-state index in [1.165, 1.54) is 109 Å². The Kier molecular flexibility index (Phi) is 9.37.